The molecule has 0 aliphatic carbocycles. The van der Waals surface area contributed by atoms with Gasteiger partial charge in [0.1, 0.15) is 0 Å². The van der Waals surface area contributed by atoms with Crippen molar-refractivity contribution in [3.8, 4) is 0 Å². The molecule has 0 unspecified atom stereocenters. The Labute approximate surface area is 165 Å². The number of fused-ring (bicyclic) bond motifs is 1. The van der Waals surface area contributed by atoms with Gasteiger partial charge in [-0.3, -0.25) is 9.69 Å². The van der Waals surface area contributed by atoms with Gasteiger partial charge < -0.3 is 4.90 Å². The molecule has 0 N–H and O–H groups in total. The molecule has 1 saturated heterocycles. The van der Waals surface area contributed by atoms with Crippen molar-refractivity contribution in [2.45, 2.75) is 33.9 Å². The minimum Gasteiger partial charge on any atom is -0.336 e. The van der Waals surface area contributed by atoms with Gasteiger partial charge in [-0.1, -0.05) is 30.3 Å². The summed E-state index contributed by atoms with van der Waals surface area (Å²) in [7, 11) is 0. The molecule has 146 valence electrons. The average molecular weight is 377 g/mol. The fraction of sp³-hybridized carbons (Fsp3) is 0.409. The van der Waals surface area contributed by atoms with E-state index in [0.29, 0.717) is 0 Å². The van der Waals surface area contributed by atoms with E-state index in [0.717, 1.165) is 67.3 Å². The monoisotopic (exact) mass is 377 g/mol. The summed E-state index contributed by atoms with van der Waals surface area (Å²) in [5.41, 5.74) is 4.59. The average Bonchev–Trinajstić information content (AvgIpc) is 3.03. The number of aromatic nitrogens is 3. The van der Waals surface area contributed by atoms with E-state index in [4.69, 9.17) is 0 Å². The maximum absolute atomic E-state index is 13.3. The zero-order valence-electron chi connectivity index (χ0n) is 16.9. The summed E-state index contributed by atoms with van der Waals surface area (Å²) in [5.74, 6) is 0.0913. The van der Waals surface area contributed by atoms with Gasteiger partial charge in [-0.2, -0.15) is 5.10 Å². The van der Waals surface area contributed by atoms with Gasteiger partial charge in [-0.25, -0.2) is 9.67 Å². The second-order valence-electron chi connectivity index (χ2n) is 7.46. The van der Waals surface area contributed by atoms with E-state index in [9.17, 15) is 4.79 Å². The van der Waals surface area contributed by atoms with Crippen LogP contribution in [0.5, 0.6) is 0 Å². The number of amides is 1. The van der Waals surface area contributed by atoms with E-state index >= 15 is 0 Å². The van der Waals surface area contributed by atoms with Crippen LogP contribution in [0.15, 0.2) is 36.4 Å². The van der Waals surface area contributed by atoms with Gasteiger partial charge in [0.2, 0.25) is 0 Å². The molecule has 4 rings (SSSR count). The van der Waals surface area contributed by atoms with Crippen LogP contribution >= 0.6 is 0 Å². The van der Waals surface area contributed by atoms with Crippen molar-refractivity contribution in [1.82, 2.24) is 24.6 Å². The number of carbonyl (C=O) groups is 1. The van der Waals surface area contributed by atoms with Gasteiger partial charge in [0.05, 0.1) is 16.6 Å². The number of piperazine rings is 1. The van der Waals surface area contributed by atoms with Gasteiger partial charge in [0.15, 0.2) is 5.65 Å². The van der Waals surface area contributed by atoms with Crippen LogP contribution in [0.25, 0.3) is 11.0 Å². The van der Waals surface area contributed by atoms with Crippen LogP contribution in [0.4, 0.5) is 0 Å². The third-order valence-electron chi connectivity index (χ3n) is 5.44. The molecule has 0 atom stereocenters. The largest absolute Gasteiger partial charge is 0.336 e. The first-order valence-electron chi connectivity index (χ1n) is 9.97. The molecule has 0 radical (unpaired) electrons. The van der Waals surface area contributed by atoms with Crippen molar-refractivity contribution in [3.05, 3.63) is 58.9 Å². The Bertz CT molecular complexity index is 987. The Morgan fingerprint density at radius 2 is 1.79 bits per heavy atom. The molecule has 0 bridgehead atoms. The predicted molar refractivity (Wildman–Crippen MR) is 110 cm³/mol. The van der Waals surface area contributed by atoms with Crippen molar-refractivity contribution < 1.29 is 4.79 Å². The fourth-order valence-electron chi connectivity index (χ4n) is 3.99. The SMILES string of the molecule is CCn1nc(C)c2c(C(=O)N3CCN(Cc4ccccc4)CC3)cc(C)nc21. The van der Waals surface area contributed by atoms with Crippen LogP contribution in [0.3, 0.4) is 0 Å². The second kappa shape index (κ2) is 7.72. The number of benzene rings is 1. The first-order chi connectivity index (χ1) is 13.6. The topological polar surface area (TPSA) is 54.3 Å². The molecule has 0 spiro atoms. The summed E-state index contributed by atoms with van der Waals surface area (Å²) < 4.78 is 1.88. The molecule has 6 nitrogen and oxygen atoms in total. The number of hydrogen-bond donors (Lipinski definition) is 0. The van der Waals surface area contributed by atoms with Crippen molar-refractivity contribution in [2.75, 3.05) is 26.2 Å². The Morgan fingerprint density at radius 1 is 1.07 bits per heavy atom. The Morgan fingerprint density at radius 3 is 2.46 bits per heavy atom. The highest BCUT2D eigenvalue weighted by atomic mass is 16.2. The number of rotatable bonds is 4. The van der Waals surface area contributed by atoms with Crippen LogP contribution in [-0.2, 0) is 13.1 Å². The lowest BCUT2D eigenvalue weighted by Gasteiger charge is -2.35. The van der Waals surface area contributed by atoms with Crippen LogP contribution < -0.4 is 0 Å². The van der Waals surface area contributed by atoms with Gasteiger partial charge in [-0.05, 0) is 32.4 Å². The lowest BCUT2D eigenvalue weighted by molar-refractivity contribution is 0.0630. The van der Waals surface area contributed by atoms with Crippen molar-refractivity contribution >= 4 is 16.9 Å². The quantitative estimate of drug-likeness (QED) is 0.701. The summed E-state index contributed by atoms with van der Waals surface area (Å²) in [6.45, 7) is 10.9. The van der Waals surface area contributed by atoms with E-state index in [1.807, 2.05) is 42.5 Å². The van der Waals surface area contributed by atoms with Crippen LogP contribution in [0.2, 0.25) is 0 Å². The molecule has 6 heteroatoms. The van der Waals surface area contributed by atoms with E-state index in [2.05, 4.69) is 39.2 Å². The van der Waals surface area contributed by atoms with E-state index in [1.54, 1.807) is 0 Å². The van der Waals surface area contributed by atoms with E-state index < -0.39 is 0 Å². The Balaban J connectivity index is 1.52. The number of nitrogens with zero attached hydrogens (tertiary/aromatic N) is 5. The van der Waals surface area contributed by atoms with Crippen LogP contribution in [0.1, 0.15) is 34.2 Å². The predicted octanol–water partition coefficient (Wildman–Crippen LogP) is 3.03. The number of carbonyl (C=O) groups excluding carboxylic acids is 1. The molecule has 2 aromatic heterocycles. The second-order valence-corrected chi connectivity index (χ2v) is 7.46. The molecule has 1 aromatic carbocycles. The molecule has 0 saturated carbocycles. The minimum absolute atomic E-state index is 0.0913. The van der Waals surface area contributed by atoms with Gasteiger partial charge in [0.25, 0.3) is 5.91 Å². The summed E-state index contributed by atoms with van der Waals surface area (Å²) in [5, 5.41) is 5.46. The fourth-order valence-corrected chi connectivity index (χ4v) is 3.99. The molecule has 1 aliphatic heterocycles. The van der Waals surface area contributed by atoms with Crippen molar-refractivity contribution in [3.63, 3.8) is 0 Å². The highest BCUT2D eigenvalue weighted by Crippen LogP contribution is 2.24. The molecule has 1 amide bonds. The zero-order chi connectivity index (χ0) is 19.7. The smallest absolute Gasteiger partial charge is 0.254 e. The lowest BCUT2D eigenvalue weighted by Crippen LogP contribution is -2.48. The Hall–Kier alpha value is -2.73. The maximum Gasteiger partial charge on any atom is 0.254 e. The molecule has 1 fully saturated rings. The van der Waals surface area contributed by atoms with E-state index in [-0.39, 0.29) is 5.91 Å². The molecule has 1 aliphatic rings. The highest BCUT2D eigenvalue weighted by molar-refractivity contribution is 6.06. The molecular weight excluding hydrogens is 350 g/mol. The number of pyridine rings is 1. The third kappa shape index (κ3) is 3.52. The number of hydrogen-bond acceptors (Lipinski definition) is 4. The number of aryl methyl sites for hydroxylation is 3. The van der Waals surface area contributed by atoms with Gasteiger partial charge >= 0.3 is 0 Å². The standard InChI is InChI=1S/C22H27N5O/c1-4-27-21-20(17(3)24-27)19(14-16(2)23-21)22(28)26-12-10-25(11-13-26)15-18-8-6-5-7-9-18/h5-9,14H,4,10-13,15H2,1-3H3. The summed E-state index contributed by atoms with van der Waals surface area (Å²) >= 11 is 0. The molecule has 3 aromatic rings. The van der Waals surface area contributed by atoms with Crippen molar-refractivity contribution in [1.29, 1.82) is 0 Å². The van der Waals surface area contributed by atoms with Crippen molar-refractivity contribution in [2.24, 2.45) is 0 Å². The molecular formula is C22H27N5O. The van der Waals surface area contributed by atoms with E-state index in [1.165, 1.54) is 5.56 Å². The molecule has 3 heterocycles. The highest BCUT2D eigenvalue weighted by Gasteiger charge is 2.26. The zero-order valence-corrected chi connectivity index (χ0v) is 16.9. The first-order valence-corrected chi connectivity index (χ1v) is 9.97. The normalized spacial score (nSPS) is 15.3. The van der Waals surface area contributed by atoms with Gasteiger partial charge in [0, 0.05) is 45.0 Å². The van der Waals surface area contributed by atoms with Crippen LogP contribution in [-0.4, -0.2) is 56.7 Å². The minimum atomic E-state index is 0.0913. The lowest BCUT2D eigenvalue weighted by atomic mass is 10.1. The summed E-state index contributed by atoms with van der Waals surface area (Å²) in [6.07, 6.45) is 0. The van der Waals surface area contributed by atoms with Gasteiger partial charge in [-0.15, -0.1) is 0 Å². The summed E-state index contributed by atoms with van der Waals surface area (Å²) in [6, 6.07) is 12.4. The van der Waals surface area contributed by atoms with Crippen LogP contribution in [0, 0.1) is 13.8 Å². The third-order valence-corrected chi connectivity index (χ3v) is 5.44. The Kier molecular flexibility index (Phi) is 5.13. The maximum atomic E-state index is 13.3. The molecule has 28 heavy (non-hydrogen) atoms. The summed E-state index contributed by atoms with van der Waals surface area (Å²) in [4.78, 5) is 22.3. The first kappa shape index (κ1) is 18.6.